The molecular formula is C15H21NO4. The molecule has 2 N–H and O–H groups in total. The summed E-state index contributed by atoms with van der Waals surface area (Å²) >= 11 is 0. The molecule has 1 aliphatic rings. The Morgan fingerprint density at radius 3 is 2.90 bits per heavy atom. The lowest BCUT2D eigenvalue weighted by atomic mass is 9.93. The Morgan fingerprint density at radius 1 is 1.40 bits per heavy atom. The van der Waals surface area contributed by atoms with Crippen LogP contribution in [-0.2, 0) is 16.1 Å². The summed E-state index contributed by atoms with van der Waals surface area (Å²) in [5.74, 6) is 0. The van der Waals surface area contributed by atoms with Gasteiger partial charge in [0.1, 0.15) is 6.61 Å². The summed E-state index contributed by atoms with van der Waals surface area (Å²) in [5.41, 5.74) is 0.132. The van der Waals surface area contributed by atoms with Crippen molar-refractivity contribution in [1.82, 2.24) is 5.32 Å². The highest BCUT2D eigenvalue weighted by Gasteiger charge is 2.29. The molecule has 20 heavy (non-hydrogen) atoms. The summed E-state index contributed by atoms with van der Waals surface area (Å²) in [6, 6.07) is 9.51. The van der Waals surface area contributed by atoms with Crippen molar-refractivity contribution in [2.75, 3.05) is 19.8 Å². The average Bonchev–Trinajstić information content (AvgIpc) is 2.47. The number of hydrogen-bond donors (Lipinski definition) is 2. The van der Waals surface area contributed by atoms with Crippen molar-refractivity contribution < 1.29 is 19.4 Å². The number of ether oxygens (including phenoxy) is 2. The van der Waals surface area contributed by atoms with E-state index in [-0.39, 0.29) is 6.61 Å². The van der Waals surface area contributed by atoms with Crippen molar-refractivity contribution in [2.45, 2.75) is 31.5 Å². The van der Waals surface area contributed by atoms with Gasteiger partial charge < -0.3 is 19.9 Å². The quantitative estimate of drug-likeness (QED) is 0.863. The van der Waals surface area contributed by atoms with Crippen LogP contribution in [0.2, 0.25) is 0 Å². The number of aliphatic hydroxyl groups is 1. The van der Waals surface area contributed by atoms with Crippen LogP contribution in [0.1, 0.15) is 24.8 Å². The first-order valence-electron chi connectivity index (χ1n) is 6.93. The largest absolute Gasteiger partial charge is 0.445 e. The van der Waals surface area contributed by atoms with E-state index in [1.54, 1.807) is 0 Å². The molecule has 5 heteroatoms. The molecule has 1 saturated heterocycles. The number of carbonyl (C=O) groups is 1. The molecule has 0 saturated carbocycles. The Morgan fingerprint density at radius 2 is 2.20 bits per heavy atom. The first-order valence-corrected chi connectivity index (χ1v) is 6.93. The molecule has 1 amide bonds. The molecule has 1 atom stereocenters. The van der Waals surface area contributed by atoms with Gasteiger partial charge in [-0.1, -0.05) is 30.3 Å². The van der Waals surface area contributed by atoms with Gasteiger partial charge in [0.15, 0.2) is 0 Å². The van der Waals surface area contributed by atoms with Gasteiger partial charge in [0.2, 0.25) is 0 Å². The molecule has 0 spiro atoms. The molecule has 1 fully saturated rings. The highest BCUT2D eigenvalue weighted by Crippen LogP contribution is 2.21. The summed E-state index contributed by atoms with van der Waals surface area (Å²) in [6.07, 6.45) is 1.59. The molecule has 1 unspecified atom stereocenters. The van der Waals surface area contributed by atoms with Crippen LogP contribution < -0.4 is 5.32 Å². The first-order chi connectivity index (χ1) is 9.68. The maximum absolute atomic E-state index is 11.5. The van der Waals surface area contributed by atoms with Gasteiger partial charge in [-0.15, -0.1) is 0 Å². The average molecular weight is 279 g/mol. The fraction of sp³-hybridized carbons (Fsp3) is 0.533. The number of nitrogens with one attached hydrogen (secondary N) is 1. The fourth-order valence-electron chi connectivity index (χ4n) is 2.21. The van der Waals surface area contributed by atoms with Gasteiger partial charge in [0.05, 0.1) is 12.2 Å². The van der Waals surface area contributed by atoms with Crippen molar-refractivity contribution in [2.24, 2.45) is 0 Å². The normalized spacial score (nSPS) is 22.2. The molecule has 0 aromatic heterocycles. The second-order valence-corrected chi connectivity index (χ2v) is 5.12. The molecule has 1 aromatic carbocycles. The van der Waals surface area contributed by atoms with Crippen molar-refractivity contribution in [3.05, 3.63) is 35.9 Å². The smallest absolute Gasteiger partial charge is 0.407 e. The molecule has 5 nitrogen and oxygen atoms in total. The maximum atomic E-state index is 11.5. The first kappa shape index (κ1) is 14.8. The van der Waals surface area contributed by atoms with Crippen molar-refractivity contribution in [3.8, 4) is 0 Å². The second-order valence-electron chi connectivity index (χ2n) is 5.12. The van der Waals surface area contributed by atoms with E-state index in [9.17, 15) is 9.90 Å². The van der Waals surface area contributed by atoms with E-state index in [0.717, 1.165) is 12.0 Å². The number of hydrogen-bond acceptors (Lipinski definition) is 4. The third-order valence-electron chi connectivity index (χ3n) is 3.37. The van der Waals surface area contributed by atoms with Gasteiger partial charge in [-0.3, -0.25) is 0 Å². The standard InChI is InChI=1S/C15H21NO4/c17-14(20-11-13-5-2-1-3-6-13)16-9-8-15(18)7-4-10-19-12-15/h1-3,5-6,18H,4,7-12H2,(H,16,17). The zero-order valence-electron chi connectivity index (χ0n) is 11.5. The summed E-state index contributed by atoms with van der Waals surface area (Å²) in [7, 11) is 0. The van der Waals surface area contributed by atoms with Crippen LogP contribution in [0.15, 0.2) is 30.3 Å². The number of amides is 1. The highest BCUT2D eigenvalue weighted by atomic mass is 16.5. The van der Waals surface area contributed by atoms with Gasteiger partial charge in [-0.2, -0.15) is 0 Å². The van der Waals surface area contributed by atoms with E-state index in [1.165, 1.54) is 0 Å². The molecule has 1 aliphatic heterocycles. The molecule has 1 heterocycles. The zero-order valence-corrected chi connectivity index (χ0v) is 11.5. The van der Waals surface area contributed by atoms with Crippen LogP contribution in [0.5, 0.6) is 0 Å². The molecule has 0 bridgehead atoms. The highest BCUT2D eigenvalue weighted by molar-refractivity contribution is 5.67. The van der Waals surface area contributed by atoms with Gasteiger partial charge in [-0.05, 0) is 24.8 Å². The van der Waals surface area contributed by atoms with Crippen molar-refractivity contribution in [1.29, 1.82) is 0 Å². The molecule has 0 radical (unpaired) electrons. The molecule has 1 aromatic rings. The second kappa shape index (κ2) is 7.26. The third-order valence-corrected chi connectivity index (χ3v) is 3.37. The fourth-order valence-corrected chi connectivity index (χ4v) is 2.21. The van der Waals surface area contributed by atoms with Crippen LogP contribution >= 0.6 is 0 Å². The van der Waals surface area contributed by atoms with E-state index < -0.39 is 11.7 Å². The van der Waals surface area contributed by atoms with Gasteiger partial charge in [-0.25, -0.2) is 4.79 Å². The predicted molar refractivity (Wildman–Crippen MR) is 74.2 cm³/mol. The van der Waals surface area contributed by atoms with Crippen LogP contribution in [-0.4, -0.2) is 36.6 Å². The van der Waals surface area contributed by atoms with E-state index in [1.807, 2.05) is 30.3 Å². The number of alkyl carbamates (subject to hydrolysis) is 1. The number of benzene rings is 1. The van der Waals surface area contributed by atoms with E-state index in [0.29, 0.717) is 32.6 Å². The predicted octanol–water partition coefficient (Wildman–Crippen LogP) is 1.84. The maximum Gasteiger partial charge on any atom is 0.407 e. The third kappa shape index (κ3) is 4.83. The molecule has 110 valence electrons. The van der Waals surface area contributed by atoms with Crippen LogP contribution in [0.4, 0.5) is 4.79 Å². The lowest BCUT2D eigenvalue weighted by Gasteiger charge is -2.31. The lowest BCUT2D eigenvalue weighted by molar-refractivity contribution is -0.0888. The van der Waals surface area contributed by atoms with Crippen LogP contribution in [0, 0.1) is 0 Å². The van der Waals surface area contributed by atoms with Crippen LogP contribution in [0.3, 0.4) is 0 Å². The van der Waals surface area contributed by atoms with Gasteiger partial charge in [0.25, 0.3) is 0 Å². The SMILES string of the molecule is O=C(NCCC1(O)CCCOC1)OCc1ccccc1. The minimum atomic E-state index is -0.815. The Kier molecular flexibility index (Phi) is 5.38. The Balaban J connectivity index is 1.63. The molecule has 2 rings (SSSR count). The molecule has 0 aliphatic carbocycles. The summed E-state index contributed by atoms with van der Waals surface area (Å²) in [6.45, 7) is 1.68. The van der Waals surface area contributed by atoms with Crippen molar-refractivity contribution >= 4 is 6.09 Å². The summed E-state index contributed by atoms with van der Waals surface area (Å²) in [4.78, 5) is 11.5. The Bertz CT molecular complexity index is 415. The zero-order chi connectivity index (χ0) is 14.3. The minimum Gasteiger partial charge on any atom is -0.445 e. The van der Waals surface area contributed by atoms with Gasteiger partial charge in [0, 0.05) is 13.2 Å². The minimum absolute atomic E-state index is 0.250. The van der Waals surface area contributed by atoms with E-state index >= 15 is 0 Å². The Hall–Kier alpha value is -1.59. The summed E-state index contributed by atoms with van der Waals surface area (Å²) < 4.78 is 10.3. The van der Waals surface area contributed by atoms with E-state index in [2.05, 4.69) is 5.32 Å². The summed E-state index contributed by atoms with van der Waals surface area (Å²) in [5, 5.41) is 12.8. The number of rotatable bonds is 5. The topological polar surface area (TPSA) is 67.8 Å². The monoisotopic (exact) mass is 279 g/mol. The molecular weight excluding hydrogens is 258 g/mol. The van der Waals surface area contributed by atoms with Crippen LogP contribution in [0.25, 0.3) is 0 Å². The lowest BCUT2D eigenvalue weighted by Crippen LogP contribution is -2.41. The van der Waals surface area contributed by atoms with Gasteiger partial charge >= 0.3 is 6.09 Å². The van der Waals surface area contributed by atoms with Crippen molar-refractivity contribution in [3.63, 3.8) is 0 Å². The number of carbonyl (C=O) groups excluding carboxylic acids is 1. The van der Waals surface area contributed by atoms with E-state index in [4.69, 9.17) is 9.47 Å². The Labute approximate surface area is 118 Å².